The van der Waals surface area contributed by atoms with Crippen molar-refractivity contribution in [2.45, 2.75) is 32.4 Å². The molecule has 0 saturated heterocycles. The Morgan fingerprint density at radius 2 is 1.82 bits per heavy atom. The van der Waals surface area contributed by atoms with E-state index in [1.165, 1.54) is 11.3 Å². The molecule has 2 heteroatoms. The largest absolute Gasteiger partial charge is 0.358 e. The van der Waals surface area contributed by atoms with Crippen LogP contribution in [-0.4, -0.2) is 18.1 Å². The molecule has 2 aliphatic heterocycles. The zero-order chi connectivity index (χ0) is 12.2. The maximum absolute atomic E-state index is 2.41. The highest BCUT2D eigenvalue weighted by atomic mass is 15.4. The highest BCUT2D eigenvalue weighted by Crippen LogP contribution is 2.47. The molecule has 1 aromatic rings. The fraction of sp³-hybridized carbons (Fsp3) is 0.467. The zero-order valence-corrected chi connectivity index (χ0v) is 11.0. The first kappa shape index (κ1) is 10.7. The van der Waals surface area contributed by atoms with Crippen LogP contribution in [0.3, 0.4) is 0 Å². The van der Waals surface area contributed by atoms with Crippen LogP contribution in [0.15, 0.2) is 36.7 Å². The monoisotopic (exact) mass is 228 g/mol. The molecule has 0 N–H and O–H groups in total. The quantitative estimate of drug-likeness (QED) is 0.673. The van der Waals surface area contributed by atoms with Gasteiger partial charge < -0.3 is 9.80 Å². The van der Waals surface area contributed by atoms with Crippen LogP contribution >= 0.6 is 0 Å². The molecule has 2 aliphatic rings. The van der Waals surface area contributed by atoms with Crippen LogP contribution in [0.5, 0.6) is 0 Å². The van der Waals surface area contributed by atoms with E-state index in [9.17, 15) is 0 Å². The molecule has 2 nitrogen and oxygen atoms in total. The van der Waals surface area contributed by atoms with Gasteiger partial charge in [-0.2, -0.15) is 0 Å². The molecular formula is C15H20N2. The Morgan fingerprint density at radius 3 is 2.59 bits per heavy atom. The van der Waals surface area contributed by atoms with Crippen LogP contribution in [0.25, 0.3) is 0 Å². The van der Waals surface area contributed by atoms with Crippen molar-refractivity contribution in [1.82, 2.24) is 4.90 Å². The summed E-state index contributed by atoms with van der Waals surface area (Å²) in [7, 11) is 2.17. The van der Waals surface area contributed by atoms with Gasteiger partial charge in [0.2, 0.25) is 0 Å². The first-order valence-electron chi connectivity index (χ1n) is 6.31. The van der Waals surface area contributed by atoms with Gasteiger partial charge in [0.1, 0.15) is 6.17 Å². The third-order valence-corrected chi connectivity index (χ3v) is 4.63. The van der Waals surface area contributed by atoms with Gasteiger partial charge >= 0.3 is 0 Å². The van der Waals surface area contributed by atoms with Crippen LogP contribution < -0.4 is 4.90 Å². The number of fused-ring (bicyclic) bond motifs is 3. The van der Waals surface area contributed by atoms with E-state index in [2.05, 4.69) is 74.3 Å². The molecule has 0 aromatic heterocycles. The van der Waals surface area contributed by atoms with E-state index >= 15 is 0 Å². The summed E-state index contributed by atoms with van der Waals surface area (Å²) in [6, 6.07) is 8.79. The smallest absolute Gasteiger partial charge is 0.108 e. The minimum Gasteiger partial charge on any atom is -0.358 e. The summed E-state index contributed by atoms with van der Waals surface area (Å²) in [6.07, 6.45) is 4.84. The average molecular weight is 228 g/mol. The number of nitrogens with zero attached hydrogens (tertiary/aromatic N) is 2. The molecule has 2 heterocycles. The molecule has 3 rings (SSSR count). The molecular weight excluding hydrogens is 208 g/mol. The fourth-order valence-electron chi connectivity index (χ4n) is 3.23. The molecule has 1 aromatic carbocycles. The van der Waals surface area contributed by atoms with Gasteiger partial charge in [0.05, 0.1) is 0 Å². The number of hydrogen-bond donors (Lipinski definition) is 0. The third kappa shape index (κ3) is 1.27. The number of para-hydroxylation sites is 1. The van der Waals surface area contributed by atoms with Gasteiger partial charge in [0.25, 0.3) is 0 Å². The van der Waals surface area contributed by atoms with Gasteiger partial charge in [-0.05, 0) is 17.0 Å². The van der Waals surface area contributed by atoms with E-state index in [1.807, 2.05) is 0 Å². The maximum atomic E-state index is 2.41. The van der Waals surface area contributed by atoms with Crippen molar-refractivity contribution in [3.05, 3.63) is 42.2 Å². The highest BCUT2D eigenvalue weighted by Gasteiger charge is 2.45. The topological polar surface area (TPSA) is 6.48 Å². The average Bonchev–Trinajstić information content (AvgIpc) is 2.69. The fourth-order valence-corrected chi connectivity index (χ4v) is 3.23. The van der Waals surface area contributed by atoms with Crippen LogP contribution in [0.4, 0.5) is 5.69 Å². The van der Waals surface area contributed by atoms with Crippen LogP contribution in [0, 0.1) is 5.92 Å². The van der Waals surface area contributed by atoms with Crippen LogP contribution in [0.1, 0.15) is 26.3 Å². The van der Waals surface area contributed by atoms with Crippen molar-refractivity contribution in [3.63, 3.8) is 0 Å². The Bertz CT molecular complexity index is 476. The van der Waals surface area contributed by atoms with E-state index < -0.39 is 0 Å². The number of benzene rings is 1. The SMILES string of the molecule is CC1C2N(C)C=CN2c2ccccc2C1(C)C. The zero-order valence-electron chi connectivity index (χ0n) is 11.0. The van der Waals surface area contributed by atoms with Crippen molar-refractivity contribution < 1.29 is 0 Å². The summed E-state index contributed by atoms with van der Waals surface area (Å²) in [5.41, 5.74) is 3.04. The highest BCUT2D eigenvalue weighted by molar-refractivity contribution is 5.63. The summed E-state index contributed by atoms with van der Waals surface area (Å²) in [5.74, 6) is 0.595. The maximum Gasteiger partial charge on any atom is 0.108 e. The van der Waals surface area contributed by atoms with Gasteiger partial charge in [-0.25, -0.2) is 0 Å². The molecule has 2 unspecified atom stereocenters. The second-order valence-electron chi connectivity index (χ2n) is 5.81. The number of hydrogen-bond acceptors (Lipinski definition) is 2. The Kier molecular flexibility index (Phi) is 2.07. The van der Waals surface area contributed by atoms with E-state index in [4.69, 9.17) is 0 Å². The second kappa shape index (κ2) is 3.28. The molecule has 0 saturated carbocycles. The van der Waals surface area contributed by atoms with Gasteiger partial charge in [-0.3, -0.25) is 0 Å². The lowest BCUT2D eigenvalue weighted by atomic mass is 9.69. The van der Waals surface area contributed by atoms with Crippen molar-refractivity contribution in [1.29, 1.82) is 0 Å². The molecule has 2 atom stereocenters. The Hall–Kier alpha value is -1.44. The summed E-state index contributed by atoms with van der Waals surface area (Å²) in [5, 5.41) is 0. The summed E-state index contributed by atoms with van der Waals surface area (Å²) in [6.45, 7) is 7.08. The molecule has 0 radical (unpaired) electrons. The number of rotatable bonds is 0. The predicted molar refractivity (Wildman–Crippen MR) is 71.8 cm³/mol. The standard InChI is InChI=1S/C15H20N2/c1-11-14-16(4)9-10-17(14)13-8-6-5-7-12(13)15(11,2)3/h5-11,14H,1-4H3. The minimum atomic E-state index is 0.220. The second-order valence-corrected chi connectivity index (χ2v) is 5.81. The number of anilines is 1. The van der Waals surface area contributed by atoms with Gasteiger partial charge in [-0.1, -0.05) is 39.0 Å². The van der Waals surface area contributed by atoms with Gasteiger partial charge in [0.15, 0.2) is 0 Å². The third-order valence-electron chi connectivity index (χ3n) is 4.63. The van der Waals surface area contributed by atoms with Gasteiger partial charge in [0, 0.05) is 31.1 Å². The van der Waals surface area contributed by atoms with Crippen LogP contribution in [-0.2, 0) is 5.41 Å². The first-order valence-corrected chi connectivity index (χ1v) is 6.31. The lowest BCUT2D eigenvalue weighted by molar-refractivity contribution is 0.181. The summed E-state index contributed by atoms with van der Waals surface area (Å²) < 4.78 is 0. The molecule has 0 bridgehead atoms. The van der Waals surface area contributed by atoms with Crippen LogP contribution in [0.2, 0.25) is 0 Å². The molecule has 0 aliphatic carbocycles. The first-order chi connectivity index (χ1) is 8.03. The summed E-state index contributed by atoms with van der Waals surface area (Å²) in [4.78, 5) is 4.73. The van der Waals surface area contributed by atoms with Crippen molar-refractivity contribution in [2.75, 3.05) is 11.9 Å². The Morgan fingerprint density at radius 1 is 1.12 bits per heavy atom. The molecule has 90 valence electrons. The lowest BCUT2D eigenvalue weighted by Gasteiger charge is -2.49. The summed E-state index contributed by atoms with van der Waals surface area (Å²) >= 11 is 0. The van der Waals surface area contributed by atoms with Crippen molar-refractivity contribution in [2.24, 2.45) is 5.92 Å². The van der Waals surface area contributed by atoms with E-state index in [0.29, 0.717) is 12.1 Å². The molecule has 0 amide bonds. The Balaban J connectivity index is 2.20. The van der Waals surface area contributed by atoms with E-state index in [0.717, 1.165) is 0 Å². The van der Waals surface area contributed by atoms with E-state index in [-0.39, 0.29) is 5.41 Å². The van der Waals surface area contributed by atoms with E-state index in [1.54, 1.807) is 0 Å². The van der Waals surface area contributed by atoms with Crippen molar-refractivity contribution in [3.8, 4) is 0 Å². The predicted octanol–water partition coefficient (Wildman–Crippen LogP) is 3.16. The van der Waals surface area contributed by atoms with Crippen molar-refractivity contribution >= 4 is 5.69 Å². The minimum absolute atomic E-state index is 0.220. The molecule has 0 fully saturated rings. The molecule has 17 heavy (non-hydrogen) atoms. The lowest BCUT2D eigenvalue weighted by Crippen LogP contribution is -2.52. The Labute approximate surface area is 104 Å². The van der Waals surface area contributed by atoms with Gasteiger partial charge in [-0.15, -0.1) is 0 Å². The normalized spacial score (nSPS) is 29.2. The molecule has 0 spiro atoms.